The summed E-state index contributed by atoms with van der Waals surface area (Å²) in [5.74, 6) is 0.190. The molecule has 0 fully saturated rings. The standard InChI is InChI=1S/C17H23BrN2O3/c1-9(2)16(19-17(22)23)14-7-10(3)20(11(4)21)15-6-5-12(18)8-13(14)15/h5-6,8-10,14,16,19H,7H2,1-4H3,(H,22,23)/t10-,14+,16?/m0/s1. The van der Waals surface area contributed by atoms with Crippen LogP contribution in [0.4, 0.5) is 10.5 Å². The fourth-order valence-electron chi connectivity index (χ4n) is 3.57. The summed E-state index contributed by atoms with van der Waals surface area (Å²) in [5, 5.41) is 11.9. The molecule has 1 aliphatic heterocycles. The Morgan fingerprint density at radius 1 is 1.39 bits per heavy atom. The number of benzene rings is 1. The Balaban J connectivity index is 2.53. The van der Waals surface area contributed by atoms with E-state index >= 15 is 0 Å². The molecule has 1 unspecified atom stereocenters. The first-order valence-corrected chi connectivity index (χ1v) is 8.60. The molecule has 6 heteroatoms. The third-order valence-corrected chi connectivity index (χ3v) is 4.96. The molecule has 0 spiro atoms. The van der Waals surface area contributed by atoms with Gasteiger partial charge in [-0.05, 0) is 43.0 Å². The molecule has 0 bridgehead atoms. The molecule has 2 amide bonds. The number of carboxylic acid groups (broad SMARTS) is 1. The Labute approximate surface area is 145 Å². The van der Waals surface area contributed by atoms with Gasteiger partial charge in [0.2, 0.25) is 5.91 Å². The van der Waals surface area contributed by atoms with Gasteiger partial charge in [-0.25, -0.2) is 4.79 Å². The topological polar surface area (TPSA) is 69.6 Å². The van der Waals surface area contributed by atoms with Crippen molar-refractivity contribution in [2.24, 2.45) is 5.92 Å². The van der Waals surface area contributed by atoms with E-state index in [0.717, 1.165) is 22.1 Å². The lowest BCUT2D eigenvalue weighted by atomic mass is 9.77. The Kier molecular flexibility index (Phi) is 5.34. The summed E-state index contributed by atoms with van der Waals surface area (Å²) in [6.07, 6.45) is -0.284. The van der Waals surface area contributed by atoms with Gasteiger partial charge in [-0.1, -0.05) is 29.8 Å². The highest BCUT2D eigenvalue weighted by Crippen LogP contribution is 2.42. The molecule has 0 saturated carbocycles. The van der Waals surface area contributed by atoms with Gasteiger partial charge < -0.3 is 15.3 Å². The van der Waals surface area contributed by atoms with Crippen LogP contribution in [0.25, 0.3) is 0 Å². The molecule has 3 atom stereocenters. The van der Waals surface area contributed by atoms with Crippen molar-refractivity contribution < 1.29 is 14.7 Å². The van der Waals surface area contributed by atoms with E-state index in [0.29, 0.717) is 0 Å². The minimum Gasteiger partial charge on any atom is -0.465 e. The summed E-state index contributed by atoms with van der Waals surface area (Å²) in [4.78, 5) is 25.1. The van der Waals surface area contributed by atoms with Crippen LogP contribution in [0.3, 0.4) is 0 Å². The number of fused-ring (bicyclic) bond motifs is 1. The second-order valence-electron chi connectivity index (χ2n) is 6.50. The summed E-state index contributed by atoms with van der Waals surface area (Å²) >= 11 is 3.49. The predicted octanol–water partition coefficient (Wildman–Crippen LogP) is 3.97. The lowest BCUT2D eigenvalue weighted by Gasteiger charge is -2.42. The number of anilines is 1. The molecule has 126 valence electrons. The first-order chi connectivity index (χ1) is 10.7. The van der Waals surface area contributed by atoms with Crippen LogP contribution in [-0.2, 0) is 4.79 Å². The third-order valence-electron chi connectivity index (χ3n) is 4.47. The Bertz CT molecular complexity index is 618. The van der Waals surface area contributed by atoms with E-state index in [9.17, 15) is 14.7 Å². The summed E-state index contributed by atoms with van der Waals surface area (Å²) < 4.78 is 0.928. The third kappa shape index (κ3) is 3.68. The van der Waals surface area contributed by atoms with Crippen LogP contribution in [0.15, 0.2) is 22.7 Å². The smallest absolute Gasteiger partial charge is 0.404 e. The minimum atomic E-state index is -1.01. The SMILES string of the molecule is CC(=O)N1c2ccc(Br)cc2[C@H](C(NC(=O)O)C(C)C)C[C@@H]1C. The Morgan fingerprint density at radius 2 is 2.04 bits per heavy atom. The maximum absolute atomic E-state index is 12.0. The molecule has 0 radical (unpaired) electrons. The molecular formula is C17H23BrN2O3. The number of rotatable bonds is 3. The predicted molar refractivity (Wildman–Crippen MR) is 93.9 cm³/mol. The van der Waals surface area contributed by atoms with Crippen LogP contribution in [-0.4, -0.2) is 29.2 Å². The zero-order valence-electron chi connectivity index (χ0n) is 13.8. The van der Waals surface area contributed by atoms with E-state index in [1.165, 1.54) is 0 Å². The Hall–Kier alpha value is -1.56. The number of carbonyl (C=O) groups is 2. The number of carbonyl (C=O) groups excluding carboxylic acids is 1. The van der Waals surface area contributed by atoms with Gasteiger partial charge in [-0.15, -0.1) is 0 Å². The first kappa shape index (κ1) is 17.8. The zero-order chi connectivity index (χ0) is 17.3. The van der Waals surface area contributed by atoms with Crippen LogP contribution < -0.4 is 10.2 Å². The van der Waals surface area contributed by atoms with Crippen molar-refractivity contribution >= 4 is 33.6 Å². The fraction of sp³-hybridized carbons (Fsp3) is 0.529. The number of nitrogens with zero attached hydrogens (tertiary/aromatic N) is 1. The maximum atomic E-state index is 12.0. The number of amides is 2. The quantitative estimate of drug-likeness (QED) is 0.830. The lowest BCUT2D eigenvalue weighted by Crippen LogP contribution is -2.49. The van der Waals surface area contributed by atoms with Gasteiger partial charge in [0.25, 0.3) is 0 Å². The molecule has 1 aromatic rings. The average molecular weight is 383 g/mol. The molecule has 2 N–H and O–H groups in total. The van der Waals surface area contributed by atoms with Crippen LogP contribution in [0.2, 0.25) is 0 Å². The summed E-state index contributed by atoms with van der Waals surface area (Å²) in [7, 11) is 0. The number of hydrogen-bond donors (Lipinski definition) is 2. The van der Waals surface area contributed by atoms with E-state index in [2.05, 4.69) is 21.2 Å². The van der Waals surface area contributed by atoms with Crippen molar-refractivity contribution in [3.8, 4) is 0 Å². The molecule has 0 aliphatic carbocycles. The molecule has 0 saturated heterocycles. The number of nitrogens with one attached hydrogen (secondary N) is 1. The summed E-state index contributed by atoms with van der Waals surface area (Å²) in [5.41, 5.74) is 1.89. The molecule has 23 heavy (non-hydrogen) atoms. The molecule has 0 aromatic heterocycles. The highest BCUT2D eigenvalue weighted by atomic mass is 79.9. The second kappa shape index (κ2) is 6.91. The van der Waals surface area contributed by atoms with Crippen LogP contribution in [0, 0.1) is 5.92 Å². The summed E-state index contributed by atoms with van der Waals surface area (Å²) in [6.45, 7) is 7.61. The lowest BCUT2D eigenvalue weighted by molar-refractivity contribution is -0.117. The van der Waals surface area contributed by atoms with Crippen LogP contribution in [0.5, 0.6) is 0 Å². The average Bonchev–Trinajstić information content (AvgIpc) is 2.43. The van der Waals surface area contributed by atoms with Crippen molar-refractivity contribution in [1.29, 1.82) is 0 Å². The molecular weight excluding hydrogens is 360 g/mol. The normalized spacial score (nSPS) is 21.7. The maximum Gasteiger partial charge on any atom is 0.404 e. The van der Waals surface area contributed by atoms with E-state index in [1.807, 2.05) is 39.0 Å². The Morgan fingerprint density at radius 3 is 2.57 bits per heavy atom. The minimum absolute atomic E-state index is 0.00631. The summed E-state index contributed by atoms with van der Waals surface area (Å²) in [6, 6.07) is 5.68. The van der Waals surface area contributed by atoms with Crippen LogP contribution >= 0.6 is 15.9 Å². The molecule has 1 aliphatic rings. The number of halogens is 1. The van der Waals surface area contributed by atoms with Crippen molar-refractivity contribution in [2.45, 2.75) is 52.1 Å². The van der Waals surface area contributed by atoms with Gasteiger partial charge in [0.1, 0.15) is 0 Å². The van der Waals surface area contributed by atoms with Crippen LogP contribution in [0.1, 0.15) is 45.6 Å². The molecule has 5 nitrogen and oxygen atoms in total. The number of hydrogen-bond acceptors (Lipinski definition) is 2. The van der Waals surface area contributed by atoms with Gasteiger partial charge >= 0.3 is 6.09 Å². The van der Waals surface area contributed by atoms with E-state index in [1.54, 1.807) is 11.8 Å². The van der Waals surface area contributed by atoms with Gasteiger partial charge in [0.05, 0.1) is 0 Å². The second-order valence-corrected chi connectivity index (χ2v) is 7.42. The molecule has 2 rings (SSSR count). The van der Waals surface area contributed by atoms with E-state index in [-0.39, 0.29) is 29.8 Å². The van der Waals surface area contributed by atoms with Gasteiger partial charge in [-0.2, -0.15) is 0 Å². The van der Waals surface area contributed by atoms with Crippen molar-refractivity contribution in [1.82, 2.24) is 5.32 Å². The van der Waals surface area contributed by atoms with Crippen molar-refractivity contribution in [3.05, 3.63) is 28.2 Å². The largest absolute Gasteiger partial charge is 0.465 e. The van der Waals surface area contributed by atoms with E-state index < -0.39 is 6.09 Å². The van der Waals surface area contributed by atoms with Crippen molar-refractivity contribution in [2.75, 3.05) is 4.90 Å². The first-order valence-electron chi connectivity index (χ1n) is 7.81. The molecule has 1 aromatic carbocycles. The molecule has 1 heterocycles. The highest BCUT2D eigenvalue weighted by molar-refractivity contribution is 9.10. The fourth-order valence-corrected chi connectivity index (χ4v) is 3.95. The van der Waals surface area contributed by atoms with Gasteiger partial charge in [0.15, 0.2) is 0 Å². The highest BCUT2D eigenvalue weighted by Gasteiger charge is 2.38. The van der Waals surface area contributed by atoms with E-state index in [4.69, 9.17) is 0 Å². The monoisotopic (exact) mass is 382 g/mol. The van der Waals surface area contributed by atoms with Gasteiger partial charge in [0, 0.05) is 35.1 Å². The van der Waals surface area contributed by atoms with Crippen molar-refractivity contribution in [3.63, 3.8) is 0 Å². The zero-order valence-corrected chi connectivity index (χ0v) is 15.4. The van der Waals surface area contributed by atoms with Gasteiger partial charge in [-0.3, -0.25) is 4.79 Å².